The van der Waals surface area contributed by atoms with Crippen LogP contribution in [0.2, 0.25) is 0 Å². The zero-order valence-corrected chi connectivity index (χ0v) is 5.75. The second-order valence-corrected chi connectivity index (χ2v) is 1.97. The fraction of sp³-hybridized carbons (Fsp3) is 0.750. The predicted molar refractivity (Wildman–Crippen MR) is 28.6 cm³/mol. The summed E-state index contributed by atoms with van der Waals surface area (Å²) in [5.41, 5.74) is 0. The molecule has 0 aromatic carbocycles. The third-order valence-electron chi connectivity index (χ3n) is 1.01. The third kappa shape index (κ3) is 2.01. The Hall–Kier alpha value is -1.02. The molecule has 0 fully saturated rings. The number of hydrazone groups is 1. The molecular weight excluding hydrogens is 209 g/mol. The van der Waals surface area contributed by atoms with Crippen LogP contribution in [0.5, 0.6) is 0 Å². The van der Waals surface area contributed by atoms with Crippen LogP contribution in [0.1, 0.15) is 0 Å². The van der Waals surface area contributed by atoms with Gasteiger partial charge in [0, 0.05) is 0 Å². The summed E-state index contributed by atoms with van der Waals surface area (Å²) in [4.78, 5) is 0. The number of rotatable bonds is 2. The first-order valence-corrected chi connectivity index (χ1v) is 2.63. The second-order valence-electron chi connectivity index (χ2n) is 1.97. The van der Waals surface area contributed by atoms with Crippen LogP contribution in [-0.2, 0) is 0 Å². The Morgan fingerprint density at radius 3 is 1.54 bits per heavy atom. The molecule has 0 aliphatic rings. The van der Waals surface area contributed by atoms with Gasteiger partial charge in [-0.25, -0.2) is 0 Å². The summed E-state index contributed by atoms with van der Waals surface area (Å²) < 4.78 is 81.7. The van der Waals surface area contributed by atoms with E-state index in [-0.39, 0.29) is 0 Å². The molecule has 0 unspecified atom stereocenters. The van der Waals surface area contributed by atoms with Crippen LogP contribution in [0.15, 0.2) is 5.10 Å². The molecule has 0 aromatic heterocycles. The Morgan fingerprint density at radius 2 is 1.31 bits per heavy atom. The summed E-state index contributed by atoms with van der Waals surface area (Å²) >= 11 is 0. The molecule has 0 bridgehead atoms. The van der Waals surface area contributed by atoms with E-state index in [1.807, 2.05) is 5.10 Å². The molecule has 0 atom stereocenters. The Balaban J connectivity index is 5.03. The second kappa shape index (κ2) is 3.04. The van der Waals surface area contributed by atoms with E-state index >= 15 is 0 Å². The average Bonchev–Trinajstić information content (AvgIpc) is 1.84. The van der Waals surface area contributed by atoms with E-state index in [4.69, 9.17) is 0 Å². The molecule has 0 saturated carbocycles. The molecule has 0 aliphatic carbocycles. The van der Waals surface area contributed by atoms with Crippen molar-refractivity contribution in [2.24, 2.45) is 10.9 Å². The minimum absolute atomic E-state index is 0.958. The normalized spacial score (nSPS) is 15.3. The standard InChI is InChI=1S/C4H3F7N2/c5-2(6,1-13-12)3(7,8)4(9,10)11/h1H,12H2. The number of halogens is 7. The molecule has 0 rings (SSSR count). The zero-order valence-electron chi connectivity index (χ0n) is 5.75. The summed E-state index contributed by atoms with van der Waals surface area (Å²) in [5.74, 6) is -7.58. The molecule has 0 heterocycles. The van der Waals surface area contributed by atoms with Gasteiger partial charge in [-0.3, -0.25) is 0 Å². The van der Waals surface area contributed by atoms with Gasteiger partial charge in [-0.15, -0.1) is 0 Å². The molecular formula is C4H3F7N2. The van der Waals surface area contributed by atoms with Crippen LogP contribution >= 0.6 is 0 Å². The van der Waals surface area contributed by atoms with Crippen molar-refractivity contribution >= 4 is 6.21 Å². The molecule has 0 radical (unpaired) electrons. The third-order valence-corrected chi connectivity index (χ3v) is 1.01. The van der Waals surface area contributed by atoms with Crippen molar-refractivity contribution in [2.75, 3.05) is 0 Å². The smallest absolute Gasteiger partial charge is 0.323 e. The summed E-state index contributed by atoms with van der Waals surface area (Å²) in [6.45, 7) is 0. The van der Waals surface area contributed by atoms with Crippen LogP contribution in [0.3, 0.4) is 0 Å². The Kier molecular flexibility index (Phi) is 2.80. The maximum absolute atomic E-state index is 12.0. The highest BCUT2D eigenvalue weighted by molar-refractivity contribution is 5.67. The van der Waals surface area contributed by atoms with E-state index in [0.29, 0.717) is 0 Å². The number of hydrogen-bond donors (Lipinski definition) is 1. The quantitative estimate of drug-likeness (QED) is 0.322. The van der Waals surface area contributed by atoms with Crippen molar-refractivity contribution < 1.29 is 30.7 Å². The van der Waals surface area contributed by atoms with Crippen molar-refractivity contribution in [3.05, 3.63) is 0 Å². The molecule has 0 saturated heterocycles. The van der Waals surface area contributed by atoms with E-state index in [9.17, 15) is 30.7 Å². The fourth-order valence-corrected chi connectivity index (χ4v) is 0.364. The summed E-state index contributed by atoms with van der Waals surface area (Å²) in [7, 11) is 0. The van der Waals surface area contributed by atoms with Gasteiger partial charge in [-0.05, 0) is 0 Å². The van der Waals surface area contributed by atoms with E-state index in [2.05, 4.69) is 5.84 Å². The van der Waals surface area contributed by atoms with Crippen molar-refractivity contribution in [3.8, 4) is 0 Å². The van der Waals surface area contributed by atoms with E-state index in [1.165, 1.54) is 0 Å². The van der Waals surface area contributed by atoms with Gasteiger partial charge < -0.3 is 5.84 Å². The number of nitrogens with two attached hydrogens (primary N) is 1. The lowest BCUT2D eigenvalue weighted by Gasteiger charge is -2.24. The van der Waals surface area contributed by atoms with Crippen LogP contribution in [0.25, 0.3) is 0 Å². The Morgan fingerprint density at radius 1 is 0.923 bits per heavy atom. The van der Waals surface area contributed by atoms with E-state index in [1.54, 1.807) is 0 Å². The van der Waals surface area contributed by atoms with Crippen LogP contribution in [0, 0.1) is 0 Å². The number of alkyl halides is 7. The largest absolute Gasteiger partial charge is 0.460 e. The van der Waals surface area contributed by atoms with Crippen molar-refractivity contribution in [2.45, 2.75) is 18.0 Å². The van der Waals surface area contributed by atoms with Crippen LogP contribution < -0.4 is 5.84 Å². The topological polar surface area (TPSA) is 38.4 Å². The van der Waals surface area contributed by atoms with Gasteiger partial charge in [-0.1, -0.05) is 0 Å². The molecule has 2 nitrogen and oxygen atoms in total. The van der Waals surface area contributed by atoms with Gasteiger partial charge in [0.1, 0.15) is 0 Å². The van der Waals surface area contributed by atoms with Crippen LogP contribution in [-0.4, -0.2) is 24.2 Å². The minimum atomic E-state index is -6.35. The monoisotopic (exact) mass is 212 g/mol. The average molecular weight is 212 g/mol. The fourth-order valence-electron chi connectivity index (χ4n) is 0.364. The van der Waals surface area contributed by atoms with Crippen molar-refractivity contribution in [1.82, 2.24) is 0 Å². The Bertz CT molecular complexity index is 205. The number of nitrogens with zero attached hydrogens (tertiary/aromatic N) is 1. The zero-order chi connectivity index (χ0) is 10.9. The summed E-state index contributed by atoms with van der Waals surface area (Å²) in [5, 5.41) is 1.93. The van der Waals surface area contributed by atoms with Crippen LogP contribution in [0.4, 0.5) is 30.7 Å². The first-order chi connectivity index (χ1) is 5.56. The van der Waals surface area contributed by atoms with Gasteiger partial charge in [-0.2, -0.15) is 35.8 Å². The molecule has 0 aromatic rings. The van der Waals surface area contributed by atoms with Gasteiger partial charge in [0.25, 0.3) is 0 Å². The van der Waals surface area contributed by atoms with Gasteiger partial charge in [0.2, 0.25) is 0 Å². The maximum Gasteiger partial charge on any atom is 0.460 e. The van der Waals surface area contributed by atoms with E-state index in [0.717, 1.165) is 0 Å². The lowest BCUT2D eigenvalue weighted by molar-refractivity contribution is -0.335. The molecule has 0 spiro atoms. The highest BCUT2D eigenvalue weighted by Crippen LogP contribution is 2.45. The van der Waals surface area contributed by atoms with E-state index < -0.39 is 24.2 Å². The lowest BCUT2D eigenvalue weighted by atomic mass is 10.2. The maximum atomic E-state index is 12.0. The molecule has 2 N–H and O–H groups in total. The first kappa shape index (κ1) is 12.0. The lowest BCUT2D eigenvalue weighted by Crippen LogP contribution is -2.52. The molecule has 0 amide bonds. The van der Waals surface area contributed by atoms with Gasteiger partial charge in [0.05, 0.1) is 6.21 Å². The Labute approximate surface area is 67.2 Å². The van der Waals surface area contributed by atoms with Gasteiger partial charge >= 0.3 is 18.0 Å². The SMILES string of the molecule is NN=CC(F)(F)C(F)(F)C(F)(F)F. The summed E-state index contributed by atoms with van der Waals surface area (Å²) in [6, 6.07) is 0. The molecule has 78 valence electrons. The van der Waals surface area contributed by atoms with Crippen molar-refractivity contribution in [1.29, 1.82) is 0 Å². The molecule has 13 heavy (non-hydrogen) atoms. The minimum Gasteiger partial charge on any atom is -0.323 e. The predicted octanol–water partition coefficient (Wildman–Crippen LogP) is 1.76. The first-order valence-electron chi connectivity index (χ1n) is 2.63. The van der Waals surface area contributed by atoms with Crippen molar-refractivity contribution in [3.63, 3.8) is 0 Å². The van der Waals surface area contributed by atoms with Gasteiger partial charge in [0.15, 0.2) is 0 Å². The summed E-state index contributed by atoms with van der Waals surface area (Å²) in [6.07, 6.45) is -7.31. The molecule has 9 heteroatoms. The molecule has 0 aliphatic heterocycles. The number of hydrogen-bond acceptors (Lipinski definition) is 2. The highest BCUT2D eigenvalue weighted by atomic mass is 19.4. The highest BCUT2D eigenvalue weighted by Gasteiger charge is 2.72.